The average molecular weight is 273 g/mol. The molecule has 2 rings (SSSR count). The van der Waals surface area contributed by atoms with Crippen LogP contribution < -0.4 is 11.2 Å². The highest BCUT2D eigenvalue weighted by Gasteiger charge is 2.38. The number of nitrogens with zero attached hydrogens (tertiary/aromatic N) is 1. The van der Waals surface area contributed by atoms with E-state index in [0.29, 0.717) is 0 Å². The summed E-state index contributed by atoms with van der Waals surface area (Å²) in [5, 5.41) is 1.28. The van der Waals surface area contributed by atoms with Gasteiger partial charge in [-0.1, -0.05) is 18.2 Å². The second-order valence-electron chi connectivity index (χ2n) is 4.30. The summed E-state index contributed by atoms with van der Waals surface area (Å²) >= 11 is 0. The van der Waals surface area contributed by atoms with E-state index in [0.717, 1.165) is 6.07 Å². The van der Waals surface area contributed by atoms with E-state index in [-0.39, 0.29) is 31.0 Å². The molecule has 0 bridgehead atoms. The Labute approximate surface area is 108 Å². The lowest BCUT2D eigenvalue weighted by atomic mass is 9.99. The smallest absolute Gasteiger partial charge is 0.329 e. The monoisotopic (exact) mass is 273 g/mol. The maximum atomic E-state index is 12.9. The van der Waals surface area contributed by atoms with Crippen molar-refractivity contribution in [3.8, 4) is 0 Å². The Kier molecular flexibility index (Phi) is 3.77. The number of hydrogen-bond acceptors (Lipinski definition) is 3. The normalized spacial score (nSPS) is 20.1. The molecule has 0 radical (unpaired) electrons. The molecule has 1 amide bonds. The van der Waals surface area contributed by atoms with Crippen LogP contribution in [0.3, 0.4) is 0 Å². The molecule has 1 aromatic carbocycles. The SMILES string of the molecule is NCCN1NC(c2ccccc2C(F)(F)F)CC1=O. The van der Waals surface area contributed by atoms with Crippen LogP contribution in [0.1, 0.15) is 23.6 Å². The molecular formula is C12H14F3N3O. The van der Waals surface area contributed by atoms with Crippen LogP contribution in [0.2, 0.25) is 0 Å². The Hall–Kier alpha value is -1.60. The number of nitrogens with one attached hydrogen (secondary N) is 1. The lowest BCUT2D eigenvalue weighted by Crippen LogP contribution is -2.39. The van der Waals surface area contributed by atoms with E-state index < -0.39 is 17.8 Å². The summed E-state index contributed by atoms with van der Waals surface area (Å²) in [5.41, 5.74) is 7.49. The number of benzene rings is 1. The fourth-order valence-electron chi connectivity index (χ4n) is 2.15. The fraction of sp³-hybridized carbons (Fsp3) is 0.417. The number of hydrogen-bond donors (Lipinski definition) is 2. The Bertz CT molecular complexity index is 476. The summed E-state index contributed by atoms with van der Waals surface area (Å²) in [5.74, 6) is -0.243. The maximum Gasteiger partial charge on any atom is 0.416 e. The van der Waals surface area contributed by atoms with E-state index in [1.165, 1.54) is 23.2 Å². The zero-order chi connectivity index (χ0) is 14.0. The first-order chi connectivity index (χ1) is 8.93. The van der Waals surface area contributed by atoms with Gasteiger partial charge >= 0.3 is 6.18 Å². The van der Waals surface area contributed by atoms with Crippen molar-refractivity contribution >= 4 is 5.91 Å². The van der Waals surface area contributed by atoms with Crippen LogP contribution in [0, 0.1) is 0 Å². The third-order valence-corrected chi connectivity index (χ3v) is 2.99. The quantitative estimate of drug-likeness (QED) is 0.876. The summed E-state index contributed by atoms with van der Waals surface area (Å²) in [7, 11) is 0. The van der Waals surface area contributed by atoms with Gasteiger partial charge in [-0.3, -0.25) is 9.80 Å². The van der Waals surface area contributed by atoms with Gasteiger partial charge < -0.3 is 5.73 Å². The first kappa shape index (κ1) is 13.8. The number of amides is 1. The molecule has 3 N–H and O–H groups in total. The molecule has 104 valence electrons. The molecule has 1 atom stereocenters. The molecule has 1 aliphatic heterocycles. The van der Waals surface area contributed by atoms with Crippen molar-refractivity contribution < 1.29 is 18.0 Å². The molecule has 1 unspecified atom stereocenters. The van der Waals surface area contributed by atoms with Gasteiger partial charge in [0.1, 0.15) is 0 Å². The van der Waals surface area contributed by atoms with Gasteiger partial charge in [-0.25, -0.2) is 5.43 Å². The van der Waals surface area contributed by atoms with E-state index in [9.17, 15) is 18.0 Å². The van der Waals surface area contributed by atoms with Crippen molar-refractivity contribution in [1.29, 1.82) is 0 Å². The van der Waals surface area contributed by atoms with Crippen molar-refractivity contribution in [2.45, 2.75) is 18.6 Å². The largest absolute Gasteiger partial charge is 0.416 e. The molecule has 19 heavy (non-hydrogen) atoms. The average Bonchev–Trinajstić information content (AvgIpc) is 2.70. The van der Waals surface area contributed by atoms with Crippen molar-refractivity contribution in [3.63, 3.8) is 0 Å². The standard InChI is InChI=1S/C12H14F3N3O/c13-12(14,15)9-4-2-1-3-8(9)10-7-11(19)18(17-10)6-5-16/h1-4,10,17H,5-7,16H2. The Balaban J connectivity index is 2.27. The summed E-state index contributed by atoms with van der Waals surface area (Å²) < 4.78 is 38.7. The molecule has 7 heteroatoms. The van der Waals surface area contributed by atoms with Crippen LogP contribution in [-0.4, -0.2) is 24.0 Å². The second-order valence-corrected chi connectivity index (χ2v) is 4.30. The molecule has 4 nitrogen and oxygen atoms in total. The van der Waals surface area contributed by atoms with Gasteiger partial charge in [-0.15, -0.1) is 0 Å². The van der Waals surface area contributed by atoms with Crippen LogP contribution in [0.5, 0.6) is 0 Å². The molecule has 0 aromatic heterocycles. The third kappa shape index (κ3) is 2.87. The minimum Gasteiger partial charge on any atom is -0.329 e. The molecular weight excluding hydrogens is 259 g/mol. The number of rotatable bonds is 3. The van der Waals surface area contributed by atoms with Gasteiger partial charge in [0.15, 0.2) is 0 Å². The number of carbonyl (C=O) groups excluding carboxylic acids is 1. The van der Waals surface area contributed by atoms with E-state index in [1.54, 1.807) is 0 Å². The minimum atomic E-state index is -4.43. The van der Waals surface area contributed by atoms with Gasteiger partial charge in [0.25, 0.3) is 0 Å². The van der Waals surface area contributed by atoms with Crippen LogP contribution in [0.15, 0.2) is 24.3 Å². The van der Waals surface area contributed by atoms with Gasteiger partial charge in [0, 0.05) is 19.5 Å². The molecule has 0 aliphatic carbocycles. The molecule has 1 saturated heterocycles. The van der Waals surface area contributed by atoms with Crippen molar-refractivity contribution in [2.24, 2.45) is 5.73 Å². The number of nitrogens with two attached hydrogens (primary N) is 1. The molecule has 1 aromatic rings. The number of hydrazine groups is 1. The van der Waals surface area contributed by atoms with Gasteiger partial charge in [0.2, 0.25) is 5.91 Å². The molecule has 1 fully saturated rings. The van der Waals surface area contributed by atoms with E-state index in [4.69, 9.17) is 5.73 Å². The van der Waals surface area contributed by atoms with Gasteiger partial charge in [0.05, 0.1) is 11.6 Å². The summed E-state index contributed by atoms with van der Waals surface area (Å²) in [6.45, 7) is 0.538. The molecule has 0 spiro atoms. The van der Waals surface area contributed by atoms with Crippen molar-refractivity contribution in [1.82, 2.24) is 10.4 Å². The van der Waals surface area contributed by atoms with Crippen LogP contribution >= 0.6 is 0 Å². The third-order valence-electron chi connectivity index (χ3n) is 2.99. The first-order valence-corrected chi connectivity index (χ1v) is 5.86. The highest BCUT2D eigenvalue weighted by molar-refractivity contribution is 5.78. The van der Waals surface area contributed by atoms with Crippen LogP contribution in [0.25, 0.3) is 0 Å². The maximum absolute atomic E-state index is 12.9. The lowest BCUT2D eigenvalue weighted by Gasteiger charge is -2.20. The molecule has 1 heterocycles. The number of carbonyl (C=O) groups is 1. The molecule has 1 aliphatic rings. The zero-order valence-corrected chi connectivity index (χ0v) is 10.1. The van der Waals surface area contributed by atoms with Crippen molar-refractivity contribution in [3.05, 3.63) is 35.4 Å². The van der Waals surface area contributed by atoms with Crippen molar-refractivity contribution in [2.75, 3.05) is 13.1 Å². The molecule has 0 saturated carbocycles. The summed E-state index contributed by atoms with van der Waals surface area (Å²) in [6.07, 6.45) is -4.42. The van der Waals surface area contributed by atoms with Gasteiger partial charge in [-0.05, 0) is 11.6 Å². The Morgan fingerprint density at radius 1 is 1.37 bits per heavy atom. The fourth-order valence-corrected chi connectivity index (χ4v) is 2.15. The second kappa shape index (κ2) is 5.18. The van der Waals surface area contributed by atoms with Gasteiger partial charge in [-0.2, -0.15) is 13.2 Å². The van der Waals surface area contributed by atoms with Crippen LogP contribution in [-0.2, 0) is 11.0 Å². The zero-order valence-electron chi connectivity index (χ0n) is 10.1. The highest BCUT2D eigenvalue weighted by atomic mass is 19.4. The lowest BCUT2D eigenvalue weighted by molar-refractivity contribution is -0.138. The number of alkyl halides is 3. The predicted molar refractivity (Wildman–Crippen MR) is 62.7 cm³/mol. The minimum absolute atomic E-state index is 0.00704. The Morgan fingerprint density at radius 3 is 2.68 bits per heavy atom. The van der Waals surface area contributed by atoms with E-state index in [2.05, 4.69) is 5.43 Å². The first-order valence-electron chi connectivity index (χ1n) is 5.86. The van der Waals surface area contributed by atoms with Crippen LogP contribution in [0.4, 0.5) is 13.2 Å². The number of halogens is 3. The Morgan fingerprint density at radius 2 is 2.05 bits per heavy atom. The summed E-state index contributed by atoms with van der Waals surface area (Å²) in [6, 6.07) is 4.62. The summed E-state index contributed by atoms with van der Waals surface area (Å²) in [4.78, 5) is 11.6. The topological polar surface area (TPSA) is 58.4 Å². The predicted octanol–water partition coefficient (Wildman–Crippen LogP) is 1.44. The highest BCUT2D eigenvalue weighted by Crippen LogP contribution is 2.36. The van der Waals surface area contributed by atoms with E-state index in [1.807, 2.05) is 0 Å². The van der Waals surface area contributed by atoms with E-state index >= 15 is 0 Å².